The Morgan fingerprint density at radius 1 is 1.24 bits per heavy atom. The van der Waals surface area contributed by atoms with Crippen LogP contribution in [0.25, 0.3) is 0 Å². The predicted octanol–water partition coefficient (Wildman–Crippen LogP) is -0.229. The normalized spacial score (nSPS) is 24.6. The van der Waals surface area contributed by atoms with E-state index >= 15 is 0 Å². The Labute approximate surface area is 223 Å². The van der Waals surface area contributed by atoms with Crippen LogP contribution in [-0.2, 0) is 20.9 Å². The summed E-state index contributed by atoms with van der Waals surface area (Å²) in [5.74, 6) is -0.360. The van der Waals surface area contributed by atoms with Gasteiger partial charge < -0.3 is 39.7 Å². The predicted molar refractivity (Wildman–Crippen MR) is 138 cm³/mol. The Morgan fingerprint density at radius 3 is 2.66 bits per heavy atom. The van der Waals surface area contributed by atoms with Crippen LogP contribution in [0.15, 0.2) is 23.8 Å². The van der Waals surface area contributed by atoms with Gasteiger partial charge in [-0.1, -0.05) is 6.92 Å². The molecule has 0 radical (unpaired) electrons. The van der Waals surface area contributed by atoms with Crippen molar-refractivity contribution in [2.75, 3.05) is 59.7 Å². The first-order valence-corrected chi connectivity index (χ1v) is 13.3. The summed E-state index contributed by atoms with van der Waals surface area (Å²) in [7, 11) is 1.49. The van der Waals surface area contributed by atoms with E-state index < -0.39 is 30.1 Å². The Kier molecular flexibility index (Phi) is 9.61. The van der Waals surface area contributed by atoms with E-state index in [1.807, 2.05) is 6.92 Å². The average Bonchev–Trinajstić information content (AvgIpc) is 3.33. The van der Waals surface area contributed by atoms with E-state index in [4.69, 9.17) is 14.2 Å². The molecule has 1 aliphatic carbocycles. The maximum absolute atomic E-state index is 13.4. The van der Waals surface area contributed by atoms with Crippen LogP contribution in [0.5, 0.6) is 11.5 Å². The van der Waals surface area contributed by atoms with Crippen LogP contribution in [0.1, 0.15) is 36.8 Å². The Balaban J connectivity index is 1.72. The summed E-state index contributed by atoms with van der Waals surface area (Å²) in [5, 5.41) is 33.4. The van der Waals surface area contributed by atoms with Gasteiger partial charge in [0.2, 0.25) is 11.8 Å². The SMILES string of the molecule is CCCC(=O)N(CCN1CCOCC1)C1C=C(C(=O)NCCO)C2c3cc(CO)cc(OC)c3OC2C1O. The van der Waals surface area contributed by atoms with E-state index in [0.717, 1.165) is 13.1 Å². The number of carbonyl (C=O) groups is 2. The van der Waals surface area contributed by atoms with E-state index in [2.05, 4.69) is 10.2 Å². The topological polar surface area (TPSA) is 141 Å². The lowest BCUT2D eigenvalue weighted by Crippen LogP contribution is -2.57. The molecule has 11 nitrogen and oxygen atoms in total. The van der Waals surface area contributed by atoms with Gasteiger partial charge in [-0.3, -0.25) is 14.5 Å². The largest absolute Gasteiger partial charge is 0.493 e. The number of ether oxygens (including phenoxy) is 3. The molecule has 2 amide bonds. The molecule has 210 valence electrons. The third-order valence-corrected chi connectivity index (χ3v) is 7.40. The van der Waals surface area contributed by atoms with Gasteiger partial charge in [-0.05, 0) is 30.2 Å². The molecule has 38 heavy (non-hydrogen) atoms. The summed E-state index contributed by atoms with van der Waals surface area (Å²) in [6.07, 6.45) is 0.669. The maximum Gasteiger partial charge on any atom is 0.247 e. The molecule has 2 heterocycles. The van der Waals surface area contributed by atoms with E-state index in [1.54, 1.807) is 23.1 Å². The fraction of sp³-hybridized carbons (Fsp3) is 0.630. The van der Waals surface area contributed by atoms with E-state index in [9.17, 15) is 24.9 Å². The molecule has 4 atom stereocenters. The zero-order valence-corrected chi connectivity index (χ0v) is 22.1. The number of aliphatic hydroxyl groups is 3. The van der Waals surface area contributed by atoms with Gasteiger partial charge in [0, 0.05) is 50.3 Å². The van der Waals surface area contributed by atoms with Crippen molar-refractivity contribution in [3.63, 3.8) is 0 Å². The summed E-state index contributed by atoms with van der Waals surface area (Å²) in [4.78, 5) is 30.6. The van der Waals surface area contributed by atoms with E-state index in [0.29, 0.717) is 67.3 Å². The number of nitrogens with one attached hydrogen (secondary N) is 1. The van der Waals surface area contributed by atoms with Crippen LogP contribution in [-0.4, -0.2) is 115 Å². The summed E-state index contributed by atoms with van der Waals surface area (Å²) >= 11 is 0. The van der Waals surface area contributed by atoms with Gasteiger partial charge in [-0.2, -0.15) is 0 Å². The van der Waals surface area contributed by atoms with Gasteiger partial charge in [0.05, 0.1) is 45.5 Å². The zero-order chi connectivity index (χ0) is 27.2. The van der Waals surface area contributed by atoms with Crippen molar-refractivity contribution < 1.29 is 39.1 Å². The first-order chi connectivity index (χ1) is 18.4. The molecule has 1 aromatic rings. The number of fused-ring (bicyclic) bond motifs is 3. The lowest BCUT2D eigenvalue weighted by Gasteiger charge is -2.41. The number of aliphatic hydroxyl groups excluding tert-OH is 3. The first kappa shape index (κ1) is 28.3. The standard InChI is InChI=1S/C27H39N3O8/c1-3-4-22(33)30(7-6-29-8-11-37-12-9-29)20-15-19(27(35)28-5-10-31)23-18-13-17(16-32)14-21(36-2)25(18)38-26(23)24(20)34/h13-15,20,23-24,26,31-32,34H,3-12,16H2,1-2H3,(H,28,35). The lowest BCUT2D eigenvalue weighted by atomic mass is 9.77. The second-order valence-corrected chi connectivity index (χ2v) is 9.81. The van der Waals surface area contributed by atoms with Gasteiger partial charge in [0.25, 0.3) is 0 Å². The molecule has 2 aliphatic heterocycles. The fourth-order valence-corrected chi connectivity index (χ4v) is 5.49. The highest BCUT2D eigenvalue weighted by atomic mass is 16.5. The Hall–Kier alpha value is -2.70. The van der Waals surface area contributed by atoms with Crippen LogP contribution in [0.2, 0.25) is 0 Å². The highest BCUT2D eigenvalue weighted by Crippen LogP contribution is 2.51. The molecular formula is C27H39N3O8. The lowest BCUT2D eigenvalue weighted by molar-refractivity contribution is -0.137. The van der Waals surface area contributed by atoms with Crippen molar-refractivity contribution in [1.82, 2.24) is 15.1 Å². The summed E-state index contributed by atoms with van der Waals surface area (Å²) < 4.78 is 17.2. The summed E-state index contributed by atoms with van der Waals surface area (Å²) in [6.45, 7) is 5.33. The third-order valence-electron chi connectivity index (χ3n) is 7.40. The van der Waals surface area contributed by atoms with Gasteiger partial charge in [0.15, 0.2) is 11.5 Å². The van der Waals surface area contributed by atoms with Crippen molar-refractivity contribution in [1.29, 1.82) is 0 Å². The van der Waals surface area contributed by atoms with Gasteiger partial charge >= 0.3 is 0 Å². The van der Waals surface area contributed by atoms with Gasteiger partial charge in [-0.25, -0.2) is 0 Å². The van der Waals surface area contributed by atoms with Gasteiger partial charge in [-0.15, -0.1) is 0 Å². The summed E-state index contributed by atoms with van der Waals surface area (Å²) in [5.41, 5.74) is 1.55. The highest BCUT2D eigenvalue weighted by molar-refractivity contribution is 5.96. The van der Waals surface area contributed by atoms with Crippen LogP contribution in [0.4, 0.5) is 0 Å². The molecular weight excluding hydrogens is 494 g/mol. The van der Waals surface area contributed by atoms with Gasteiger partial charge in [0.1, 0.15) is 12.2 Å². The van der Waals surface area contributed by atoms with E-state index in [1.165, 1.54) is 7.11 Å². The third kappa shape index (κ3) is 5.81. The molecule has 4 rings (SSSR count). The van der Waals surface area contributed by atoms with Crippen LogP contribution < -0.4 is 14.8 Å². The number of benzene rings is 1. The number of hydrogen-bond acceptors (Lipinski definition) is 9. The number of morpholine rings is 1. The Morgan fingerprint density at radius 2 is 2.00 bits per heavy atom. The maximum atomic E-state index is 13.4. The number of methoxy groups -OCH3 is 1. The molecule has 1 fully saturated rings. The Bertz CT molecular complexity index is 1030. The molecule has 0 spiro atoms. The molecule has 4 unspecified atom stereocenters. The minimum atomic E-state index is -1.12. The van der Waals surface area contributed by atoms with Crippen LogP contribution >= 0.6 is 0 Å². The van der Waals surface area contributed by atoms with Crippen molar-refractivity contribution >= 4 is 11.8 Å². The average molecular weight is 534 g/mol. The molecule has 1 aromatic carbocycles. The number of rotatable bonds is 11. The summed E-state index contributed by atoms with van der Waals surface area (Å²) in [6, 6.07) is 2.62. The number of hydrogen-bond donors (Lipinski definition) is 4. The molecule has 1 saturated heterocycles. The van der Waals surface area contributed by atoms with Crippen molar-refractivity contribution in [3.05, 3.63) is 34.9 Å². The minimum Gasteiger partial charge on any atom is -0.493 e. The molecule has 0 bridgehead atoms. The number of carbonyl (C=O) groups excluding carboxylic acids is 2. The smallest absolute Gasteiger partial charge is 0.247 e. The second-order valence-electron chi connectivity index (χ2n) is 9.81. The number of amides is 2. The quantitative estimate of drug-likeness (QED) is 0.304. The molecule has 11 heteroatoms. The second kappa shape index (κ2) is 12.9. The number of nitrogens with zero attached hydrogens (tertiary/aromatic N) is 2. The first-order valence-electron chi connectivity index (χ1n) is 13.3. The fourth-order valence-electron chi connectivity index (χ4n) is 5.49. The zero-order valence-electron chi connectivity index (χ0n) is 22.1. The van der Waals surface area contributed by atoms with Crippen molar-refractivity contribution in [2.24, 2.45) is 0 Å². The minimum absolute atomic E-state index is 0.0595. The molecule has 0 aromatic heterocycles. The molecule has 0 saturated carbocycles. The van der Waals surface area contributed by atoms with Crippen LogP contribution in [0, 0.1) is 0 Å². The van der Waals surface area contributed by atoms with Crippen molar-refractivity contribution in [3.8, 4) is 11.5 Å². The monoisotopic (exact) mass is 533 g/mol. The molecule has 3 aliphatic rings. The van der Waals surface area contributed by atoms with Crippen LogP contribution in [0.3, 0.4) is 0 Å². The van der Waals surface area contributed by atoms with Crippen molar-refractivity contribution in [2.45, 2.75) is 50.5 Å². The molecule has 4 N–H and O–H groups in total. The highest BCUT2D eigenvalue weighted by Gasteiger charge is 2.51. The van der Waals surface area contributed by atoms with E-state index in [-0.39, 0.29) is 25.7 Å².